The molecule has 0 bridgehead atoms. The number of halogens is 1. The molecule has 3 aromatic carbocycles. The van der Waals surface area contributed by atoms with E-state index in [0.717, 1.165) is 19.5 Å². The van der Waals surface area contributed by atoms with Gasteiger partial charge in [-0.15, -0.1) is 0 Å². The van der Waals surface area contributed by atoms with Gasteiger partial charge in [0.1, 0.15) is 5.82 Å². The Bertz CT molecular complexity index is 1140. The summed E-state index contributed by atoms with van der Waals surface area (Å²) in [6.07, 6.45) is 8.24. The van der Waals surface area contributed by atoms with Crippen molar-refractivity contribution in [3.8, 4) is 5.69 Å². The summed E-state index contributed by atoms with van der Waals surface area (Å²) in [5.41, 5.74) is 5.25. The molecule has 0 amide bonds. The molecule has 5 rings (SSSR count). The van der Waals surface area contributed by atoms with Gasteiger partial charge in [-0.3, -0.25) is 0 Å². The van der Waals surface area contributed by atoms with E-state index in [9.17, 15) is 4.39 Å². The molecule has 0 spiro atoms. The third-order valence-corrected chi connectivity index (χ3v) is 6.93. The number of para-hydroxylation sites is 2. The van der Waals surface area contributed by atoms with E-state index in [1.165, 1.54) is 59.9 Å². The van der Waals surface area contributed by atoms with Gasteiger partial charge in [0.15, 0.2) is 0 Å². The Morgan fingerprint density at radius 2 is 1.50 bits per heavy atom. The lowest BCUT2D eigenvalue weighted by Gasteiger charge is -2.32. The second kappa shape index (κ2) is 9.70. The quantitative estimate of drug-likeness (QED) is 0.290. The molecule has 2 heterocycles. The fourth-order valence-electron chi connectivity index (χ4n) is 5.13. The van der Waals surface area contributed by atoms with E-state index in [0.29, 0.717) is 5.92 Å². The number of piperidine rings is 1. The maximum Gasteiger partial charge on any atom is 0.123 e. The molecule has 164 valence electrons. The highest BCUT2D eigenvalue weighted by Crippen LogP contribution is 2.29. The molecule has 1 aliphatic rings. The minimum atomic E-state index is -0.141. The zero-order valence-corrected chi connectivity index (χ0v) is 18.6. The van der Waals surface area contributed by atoms with Gasteiger partial charge in [0.2, 0.25) is 0 Å². The highest BCUT2D eigenvalue weighted by Gasteiger charge is 2.20. The lowest BCUT2D eigenvalue weighted by Crippen LogP contribution is -2.33. The molecule has 32 heavy (non-hydrogen) atoms. The Kier molecular flexibility index (Phi) is 6.36. The standard InChI is InChI=1S/C29H31FN2/c30-26-15-13-23(14-16-26)24-17-20-31(21-18-24)19-7-6-8-25-22-32(27-9-2-1-3-10-27)29-12-5-4-11-28(25)29/h1-5,9-16,22,24H,6-8,17-21H2. The first-order valence-corrected chi connectivity index (χ1v) is 11.9. The second-order valence-corrected chi connectivity index (χ2v) is 9.00. The van der Waals surface area contributed by atoms with Crippen LogP contribution >= 0.6 is 0 Å². The van der Waals surface area contributed by atoms with Gasteiger partial charge in [-0.1, -0.05) is 48.5 Å². The highest BCUT2D eigenvalue weighted by molar-refractivity contribution is 5.85. The Balaban J connectivity index is 1.14. The number of likely N-dealkylation sites (tertiary alicyclic amines) is 1. The summed E-state index contributed by atoms with van der Waals surface area (Å²) in [5.74, 6) is 0.439. The zero-order chi connectivity index (χ0) is 21.8. The minimum absolute atomic E-state index is 0.141. The van der Waals surface area contributed by atoms with Crippen molar-refractivity contribution in [3.63, 3.8) is 0 Å². The molecular weight excluding hydrogens is 395 g/mol. The average Bonchev–Trinajstić information content (AvgIpc) is 3.22. The van der Waals surface area contributed by atoms with Gasteiger partial charge in [0, 0.05) is 17.3 Å². The Hall–Kier alpha value is -2.91. The highest BCUT2D eigenvalue weighted by atomic mass is 19.1. The SMILES string of the molecule is Fc1ccc(C2CCN(CCCCc3cn(-c4ccccc4)c4ccccc34)CC2)cc1. The third-order valence-electron chi connectivity index (χ3n) is 6.93. The van der Waals surface area contributed by atoms with Crippen molar-refractivity contribution < 1.29 is 4.39 Å². The molecule has 3 heteroatoms. The number of hydrogen-bond acceptors (Lipinski definition) is 1. The van der Waals surface area contributed by atoms with Crippen LogP contribution < -0.4 is 0 Å². The number of hydrogen-bond donors (Lipinski definition) is 0. The normalized spacial score (nSPS) is 15.4. The summed E-state index contributed by atoms with van der Waals surface area (Å²) in [7, 11) is 0. The van der Waals surface area contributed by atoms with E-state index in [1.54, 1.807) is 12.1 Å². The van der Waals surface area contributed by atoms with Crippen LogP contribution in [0.3, 0.4) is 0 Å². The van der Waals surface area contributed by atoms with Crippen LogP contribution in [-0.2, 0) is 6.42 Å². The lowest BCUT2D eigenvalue weighted by atomic mass is 9.89. The molecule has 0 saturated carbocycles. The summed E-state index contributed by atoms with van der Waals surface area (Å²) >= 11 is 0. The van der Waals surface area contributed by atoms with Crippen LogP contribution in [0.25, 0.3) is 16.6 Å². The molecule has 4 aromatic rings. The fraction of sp³-hybridized carbons (Fsp3) is 0.310. The predicted octanol–water partition coefficient (Wildman–Crippen LogP) is 6.97. The van der Waals surface area contributed by atoms with Gasteiger partial charge < -0.3 is 9.47 Å². The van der Waals surface area contributed by atoms with E-state index < -0.39 is 0 Å². The van der Waals surface area contributed by atoms with E-state index in [-0.39, 0.29) is 5.82 Å². The van der Waals surface area contributed by atoms with Crippen LogP contribution in [0.4, 0.5) is 4.39 Å². The zero-order valence-electron chi connectivity index (χ0n) is 18.6. The molecule has 0 radical (unpaired) electrons. The van der Waals surface area contributed by atoms with E-state index >= 15 is 0 Å². The molecular formula is C29H31FN2. The molecule has 2 nitrogen and oxygen atoms in total. The van der Waals surface area contributed by atoms with E-state index in [2.05, 4.69) is 70.3 Å². The molecule has 0 N–H and O–H groups in total. The monoisotopic (exact) mass is 426 g/mol. The maximum atomic E-state index is 13.2. The van der Waals surface area contributed by atoms with Crippen LogP contribution in [0.5, 0.6) is 0 Å². The average molecular weight is 427 g/mol. The number of rotatable bonds is 7. The fourth-order valence-corrected chi connectivity index (χ4v) is 5.13. The van der Waals surface area contributed by atoms with Gasteiger partial charge in [-0.25, -0.2) is 4.39 Å². The summed E-state index contributed by atoms with van der Waals surface area (Å²) < 4.78 is 15.5. The van der Waals surface area contributed by atoms with Gasteiger partial charge in [0.25, 0.3) is 0 Å². The van der Waals surface area contributed by atoms with Gasteiger partial charge in [-0.2, -0.15) is 0 Å². The minimum Gasteiger partial charge on any atom is -0.316 e. The molecule has 0 aliphatic carbocycles. The predicted molar refractivity (Wildman–Crippen MR) is 131 cm³/mol. The number of fused-ring (bicyclic) bond motifs is 1. The van der Waals surface area contributed by atoms with Gasteiger partial charge in [0.05, 0.1) is 5.52 Å². The molecule has 1 aromatic heterocycles. The number of aromatic nitrogens is 1. The summed E-state index contributed by atoms with van der Waals surface area (Å²) in [6, 6.07) is 26.5. The Morgan fingerprint density at radius 1 is 0.781 bits per heavy atom. The van der Waals surface area contributed by atoms with Crippen molar-refractivity contribution in [1.29, 1.82) is 0 Å². The van der Waals surface area contributed by atoms with Crippen molar-refractivity contribution in [1.82, 2.24) is 9.47 Å². The summed E-state index contributed by atoms with van der Waals surface area (Å²) in [4.78, 5) is 2.60. The topological polar surface area (TPSA) is 8.17 Å². The molecule has 0 unspecified atom stereocenters. The van der Waals surface area contributed by atoms with Gasteiger partial charge in [-0.05, 0) is 99.1 Å². The number of unbranched alkanes of at least 4 members (excludes halogenated alkanes) is 1. The van der Waals surface area contributed by atoms with Crippen molar-refractivity contribution >= 4 is 10.9 Å². The Morgan fingerprint density at radius 3 is 2.28 bits per heavy atom. The second-order valence-electron chi connectivity index (χ2n) is 9.00. The smallest absolute Gasteiger partial charge is 0.123 e. The van der Waals surface area contributed by atoms with Crippen LogP contribution in [-0.4, -0.2) is 29.1 Å². The van der Waals surface area contributed by atoms with Crippen molar-refractivity contribution in [2.24, 2.45) is 0 Å². The lowest BCUT2D eigenvalue weighted by molar-refractivity contribution is 0.209. The van der Waals surface area contributed by atoms with Crippen molar-refractivity contribution in [2.45, 2.75) is 38.0 Å². The first-order valence-electron chi connectivity index (χ1n) is 11.9. The molecule has 1 aliphatic heterocycles. The summed E-state index contributed by atoms with van der Waals surface area (Å²) in [6.45, 7) is 3.47. The van der Waals surface area contributed by atoms with E-state index in [4.69, 9.17) is 0 Å². The maximum absolute atomic E-state index is 13.2. The number of benzene rings is 3. The van der Waals surface area contributed by atoms with Crippen LogP contribution in [0.2, 0.25) is 0 Å². The molecule has 0 atom stereocenters. The summed E-state index contributed by atoms with van der Waals surface area (Å²) in [5, 5.41) is 1.37. The molecule has 1 saturated heterocycles. The van der Waals surface area contributed by atoms with Crippen LogP contribution in [0.15, 0.2) is 85.1 Å². The van der Waals surface area contributed by atoms with Crippen molar-refractivity contribution in [2.75, 3.05) is 19.6 Å². The molecule has 1 fully saturated rings. The first kappa shape index (κ1) is 21.0. The van der Waals surface area contributed by atoms with Gasteiger partial charge >= 0.3 is 0 Å². The first-order chi connectivity index (χ1) is 15.8. The van der Waals surface area contributed by atoms with E-state index in [1.807, 2.05) is 12.1 Å². The largest absolute Gasteiger partial charge is 0.316 e. The Labute approximate surface area is 190 Å². The number of aryl methyl sites for hydroxylation is 1. The third kappa shape index (κ3) is 4.63. The van der Waals surface area contributed by atoms with Crippen LogP contribution in [0, 0.1) is 5.82 Å². The van der Waals surface area contributed by atoms with Crippen LogP contribution in [0.1, 0.15) is 42.7 Å². The number of nitrogens with zero attached hydrogens (tertiary/aromatic N) is 2. The van der Waals surface area contributed by atoms with Crippen molar-refractivity contribution in [3.05, 3.63) is 102 Å².